The highest BCUT2D eigenvalue weighted by atomic mass is 16.6. The maximum Gasteiger partial charge on any atom is 0.270 e. The van der Waals surface area contributed by atoms with E-state index in [0.717, 1.165) is 28.8 Å². The van der Waals surface area contributed by atoms with Gasteiger partial charge in [-0.15, -0.1) is 0 Å². The molecule has 134 valence electrons. The molecule has 0 aliphatic heterocycles. The van der Waals surface area contributed by atoms with Crippen molar-refractivity contribution in [1.82, 2.24) is 14.7 Å². The van der Waals surface area contributed by atoms with E-state index in [0.29, 0.717) is 12.7 Å². The zero-order chi connectivity index (χ0) is 18.1. The summed E-state index contributed by atoms with van der Waals surface area (Å²) < 4.78 is 7.38. The lowest BCUT2D eigenvalue weighted by molar-refractivity contribution is -0.384. The second-order valence-corrected chi connectivity index (χ2v) is 6.58. The summed E-state index contributed by atoms with van der Waals surface area (Å²) in [7, 11) is 1.69. The van der Waals surface area contributed by atoms with Crippen molar-refractivity contribution in [1.29, 1.82) is 0 Å². The first-order chi connectivity index (χ1) is 12.7. The first-order valence-electron chi connectivity index (χ1n) is 8.61. The second-order valence-electron chi connectivity index (χ2n) is 6.58. The molecule has 0 amide bonds. The van der Waals surface area contributed by atoms with Crippen LogP contribution in [0.1, 0.15) is 18.4 Å². The van der Waals surface area contributed by atoms with Gasteiger partial charge in [-0.3, -0.25) is 19.7 Å². The maximum atomic E-state index is 10.9. The minimum absolute atomic E-state index is 0.0881. The third-order valence-corrected chi connectivity index (χ3v) is 4.78. The largest absolute Gasteiger partial charge is 0.496 e. The quantitative estimate of drug-likeness (QED) is 0.480. The molecule has 26 heavy (non-hydrogen) atoms. The Kier molecular flexibility index (Phi) is 4.30. The number of nitro groups is 1. The summed E-state index contributed by atoms with van der Waals surface area (Å²) in [6, 6.07) is 13.5. The van der Waals surface area contributed by atoms with Crippen molar-refractivity contribution in [3.8, 4) is 5.75 Å². The predicted octanol–water partition coefficient (Wildman–Crippen LogP) is 3.58. The summed E-state index contributed by atoms with van der Waals surface area (Å²) in [5, 5.41) is 16.2. The monoisotopic (exact) mass is 352 g/mol. The standard InChI is InChI=1S/C19H20N4O3/c1-26-19-5-3-2-4-14(19)12-21(16-6-7-16)13-22-18-9-8-17(23(24)25)10-15(18)11-20-22/h2-5,8-11,16H,6-7,12-13H2,1H3. The van der Waals surface area contributed by atoms with Crippen molar-refractivity contribution in [3.63, 3.8) is 0 Å². The molecule has 1 saturated carbocycles. The van der Waals surface area contributed by atoms with Crippen molar-refractivity contribution >= 4 is 16.6 Å². The molecule has 0 unspecified atom stereocenters. The van der Waals surface area contributed by atoms with Crippen LogP contribution in [0.15, 0.2) is 48.7 Å². The Labute approximate surface area is 150 Å². The molecule has 3 aromatic rings. The fraction of sp³-hybridized carbons (Fsp3) is 0.316. The number of nitro benzene ring substituents is 1. The van der Waals surface area contributed by atoms with Gasteiger partial charge in [0.1, 0.15) is 5.75 Å². The van der Waals surface area contributed by atoms with Crippen molar-refractivity contribution in [2.45, 2.75) is 32.1 Å². The van der Waals surface area contributed by atoms with Gasteiger partial charge in [0.15, 0.2) is 0 Å². The van der Waals surface area contributed by atoms with Gasteiger partial charge >= 0.3 is 0 Å². The lowest BCUT2D eigenvalue weighted by atomic mass is 10.2. The number of ether oxygens (including phenoxy) is 1. The number of hydrogen-bond donors (Lipinski definition) is 0. The summed E-state index contributed by atoms with van der Waals surface area (Å²) in [6.07, 6.45) is 4.05. The number of aromatic nitrogens is 2. The van der Waals surface area contributed by atoms with E-state index in [1.807, 2.05) is 22.9 Å². The lowest BCUT2D eigenvalue weighted by Gasteiger charge is -2.23. The van der Waals surface area contributed by atoms with E-state index >= 15 is 0 Å². The number of hydrogen-bond acceptors (Lipinski definition) is 5. The number of benzene rings is 2. The van der Waals surface area contributed by atoms with Crippen molar-refractivity contribution in [2.24, 2.45) is 0 Å². The van der Waals surface area contributed by atoms with E-state index in [9.17, 15) is 10.1 Å². The molecule has 7 heteroatoms. The van der Waals surface area contributed by atoms with Crippen LogP contribution >= 0.6 is 0 Å². The first kappa shape index (κ1) is 16.5. The molecule has 0 atom stereocenters. The Morgan fingerprint density at radius 3 is 2.85 bits per heavy atom. The van der Waals surface area contributed by atoms with Gasteiger partial charge in [0.25, 0.3) is 5.69 Å². The zero-order valence-corrected chi connectivity index (χ0v) is 14.5. The van der Waals surface area contributed by atoms with Crippen LogP contribution in [-0.4, -0.2) is 32.8 Å². The minimum atomic E-state index is -0.380. The van der Waals surface area contributed by atoms with Gasteiger partial charge in [-0.1, -0.05) is 18.2 Å². The molecular weight excluding hydrogens is 332 g/mol. The highest BCUT2D eigenvalue weighted by Crippen LogP contribution is 2.31. The molecule has 0 radical (unpaired) electrons. The van der Waals surface area contributed by atoms with Crippen LogP contribution in [0, 0.1) is 10.1 Å². The van der Waals surface area contributed by atoms with Crippen LogP contribution < -0.4 is 4.74 Å². The van der Waals surface area contributed by atoms with E-state index < -0.39 is 0 Å². The average molecular weight is 352 g/mol. The van der Waals surface area contributed by atoms with E-state index in [-0.39, 0.29) is 10.6 Å². The molecule has 0 bridgehead atoms. The molecule has 1 fully saturated rings. The van der Waals surface area contributed by atoms with Gasteiger partial charge in [-0.05, 0) is 25.0 Å². The number of fused-ring (bicyclic) bond motifs is 1. The van der Waals surface area contributed by atoms with Crippen molar-refractivity contribution in [2.75, 3.05) is 7.11 Å². The van der Waals surface area contributed by atoms with Gasteiger partial charge < -0.3 is 4.74 Å². The maximum absolute atomic E-state index is 10.9. The smallest absolute Gasteiger partial charge is 0.270 e. The Balaban J connectivity index is 1.59. The first-order valence-corrected chi connectivity index (χ1v) is 8.61. The van der Waals surface area contributed by atoms with Gasteiger partial charge in [0.05, 0.1) is 30.4 Å². The molecular formula is C19H20N4O3. The zero-order valence-electron chi connectivity index (χ0n) is 14.5. The van der Waals surface area contributed by atoms with E-state index in [4.69, 9.17) is 4.74 Å². The number of non-ortho nitro benzene ring substituents is 1. The Bertz CT molecular complexity index is 949. The van der Waals surface area contributed by atoms with Crippen LogP contribution in [0.25, 0.3) is 10.9 Å². The highest BCUT2D eigenvalue weighted by Gasteiger charge is 2.30. The van der Waals surface area contributed by atoms with Crippen LogP contribution in [0.3, 0.4) is 0 Å². The Morgan fingerprint density at radius 1 is 1.31 bits per heavy atom. The van der Waals surface area contributed by atoms with Gasteiger partial charge in [0.2, 0.25) is 0 Å². The predicted molar refractivity (Wildman–Crippen MR) is 97.9 cm³/mol. The topological polar surface area (TPSA) is 73.4 Å². The molecule has 0 N–H and O–H groups in total. The third-order valence-electron chi connectivity index (χ3n) is 4.78. The van der Waals surface area contributed by atoms with E-state index in [1.54, 1.807) is 25.4 Å². The molecule has 1 aliphatic rings. The summed E-state index contributed by atoms with van der Waals surface area (Å²) in [4.78, 5) is 12.9. The van der Waals surface area contributed by atoms with E-state index in [1.165, 1.54) is 18.9 Å². The molecule has 0 spiro atoms. The normalized spacial score (nSPS) is 14.1. The fourth-order valence-electron chi connectivity index (χ4n) is 3.26. The molecule has 4 rings (SSSR count). The average Bonchev–Trinajstić information content (AvgIpc) is 3.43. The molecule has 2 aromatic carbocycles. The summed E-state index contributed by atoms with van der Waals surface area (Å²) in [5.41, 5.74) is 2.14. The van der Waals surface area contributed by atoms with Crippen LogP contribution in [0.2, 0.25) is 0 Å². The summed E-state index contributed by atoms with van der Waals surface area (Å²) >= 11 is 0. The third kappa shape index (κ3) is 3.25. The van der Waals surface area contributed by atoms with Crippen LogP contribution in [0.5, 0.6) is 5.75 Å². The summed E-state index contributed by atoms with van der Waals surface area (Å²) in [6.45, 7) is 1.42. The van der Waals surface area contributed by atoms with Crippen molar-refractivity contribution < 1.29 is 9.66 Å². The SMILES string of the molecule is COc1ccccc1CN(Cn1ncc2cc([N+](=O)[O-])ccc21)C1CC1. The Hall–Kier alpha value is -2.93. The van der Waals surface area contributed by atoms with Gasteiger partial charge in [-0.25, -0.2) is 0 Å². The van der Waals surface area contributed by atoms with Crippen LogP contribution in [-0.2, 0) is 13.2 Å². The van der Waals surface area contributed by atoms with E-state index in [2.05, 4.69) is 16.1 Å². The number of nitrogens with zero attached hydrogens (tertiary/aromatic N) is 4. The Morgan fingerprint density at radius 2 is 2.12 bits per heavy atom. The molecule has 1 aliphatic carbocycles. The minimum Gasteiger partial charge on any atom is -0.496 e. The van der Waals surface area contributed by atoms with Gasteiger partial charge in [-0.2, -0.15) is 5.10 Å². The number of rotatable bonds is 7. The molecule has 1 aromatic heterocycles. The summed E-state index contributed by atoms with van der Waals surface area (Å²) in [5.74, 6) is 0.888. The number of methoxy groups -OCH3 is 1. The van der Waals surface area contributed by atoms with Crippen LogP contribution in [0.4, 0.5) is 5.69 Å². The van der Waals surface area contributed by atoms with Crippen molar-refractivity contribution in [3.05, 3.63) is 64.3 Å². The molecule has 0 saturated heterocycles. The van der Waals surface area contributed by atoms with Gasteiger partial charge in [0, 0.05) is 35.7 Å². The lowest BCUT2D eigenvalue weighted by Crippen LogP contribution is -2.28. The molecule has 1 heterocycles. The number of para-hydroxylation sites is 1. The highest BCUT2D eigenvalue weighted by molar-refractivity contribution is 5.81. The molecule has 7 nitrogen and oxygen atoms in total. The fourth-order valence-corrected chi connectivity index (χ4v) is 3.26. The second kappa shape index (κ2) is 6.76.